The fraction of sp³-hybridized carbons (Fsp3) is 0.500. The molecule has 0 saturated carbocycles. The van der Waals surface area contributed by atoms with E-state index in [2.05, 4.69) is 0 Å². The second-order valence-corrected chi connectivity index (χ2v) is 4.17. The van der Waals surface area contributed by atoms with E-state index >= 15 is 0 Å². The smallest absolute Gasteiger partial charge is 0.125 e. The third-order valence-corrected chi connectivity index (χ3v) is 2.56. The van der Waals surface area contributed by atoms with Gasteiger partial charge in [0.15, 0.2) is 0 Å². The zero-order chi connectivity index (χ0) is 12.1. The van der Waals surface area contributed by atoms with Crippen molar-refractivity contribution in [1.29, 1.82) is 0 Å². The number of rotatable bonds is 5. The summed E-state index contributed by atoms with van der Waals surface area (Å²) in [7, 11) is 0. The van der Waals surface area contributed by atoms with Gasteiger partial charge in [-0.3, -0.25) is 0 Å². The van der Waals surface area contributed by atoms with Crippen molar-refractivity contribution in [3.63, 3.8) is 0 Å². The summed E-state index contributed by atoms with van der Waals surface area (Å²) < 4.78 is 5.44. The lowest BCUT2D eigenvalue weighted by Gasteiger charge is -2.15. The van der Waals surface area contributed by atoms with Crippen LogP contribution in [0.15, 0.2) is 18.2 Å². The first kappa shape index (κ1) is 13.3. The molecule has 4 heteroatoms. The van der Waals surface area contributed by atoms with Crippen molar-refractivity contribution in [3.05, 3.63) is 28.8 Å². The molecule has 0 radical (unpaired) electrons. The molecule has 0 heterocycles. The van der Waals surface area contributed by atoms with Crippen LogP contribution in [-0.4, -0.2) is 22.9 Å². The summed E-state index contributed by atoms with van der Waals surface area (Å²) in [6.07, 6.45) is -0.498. The van der Waals surface area contributed by atoms with Crippen LogP contribution >= 0.6 is 11.6 Å². The zero-order valence-electron chi connectivity index (χ0n) is 9.48. The minimum Gasteiger partial charge on any atom is -0.491 e. The molecular formula is C12H17ClO3. The van der Waals surface area contributed by atoms with Crippen molar-refractivity contribution >= 4 is 11.6 Å². The van der Waals surface area contributed by atoms with Crippen LogP contribution in [0.25, 0.3) is 0 Å². The summed E-state index contributed by atoms with van der Waals surface area (Å²) in [5, 5.41) is 19.5. The number of halogens is 1. The van der Waals surface area contributed by atoms with E-state index in [4.69, 9.17) is 16.3 Å². The minimum atomic E-state index is -0.646. The lowest BCUT2D eigenvalue weighted by atomic mass is 10.1. The SMILES string of the molecule is CCC(O)COc1ccc(Cl)cc1[C@@H](C)O. The van der Waals surface area contributed by atoms with Crippen LogP contribution in [-0.2, 0) is 0 Å². The summed E-state index contributed by atoms with van der Waals surface area (Å²) in [6.45, 7) is 3.75. The van der Waals surface area contributed by atoms with Crippen molar-refractivity contribution in [2.75, 3.05) is 6.61 Å². The molecule has 0 aliphatic heterocycles. The fourth-order valence-electron chi connectivity index (χ4n) is 1.28. The predicted molar refractivity (Wildman–Crippen MR) is 63.9 cm³/mol. The monoisotopic (exact) mass is 244 g/mol. The van der Waals surface area contributed by atoms with Crippen LogP contribution in [0, 0.1) is 0 Å². The molecule has 0 saturated heterocycles. The standard InChI is InChI=1S/C12H17ClO3/c1-3-10(15)7-16-12-5-4-9(13)6-11(12)8(2)14/h4-6,8,10,14-15H,3,7H2,1-2H3/t8-,10?/m1/s1. The van der Waals surface area contributed by atoms with Crippen molar-refractivity contribution in [3.8, 4) is 5.75 Å². The molecule has 2 atom stereocenters. The van der Waals surface area contributed by atoms with Gasteiger partial charge >= 0.3 is 0 Å². The lowest BCUT2D eigenvalue weighted by molar-refractivity contribution is 0.101. The normalized spacial score (nSPS) is 14.6. The maximum atomic E-state index is 9.55. The van der Waals surface area contributed by atoms with E-state index in [0.717, 1.165) is 0 Å². The first-order valence-electron chi connectivity index (χ1n) is 5.33. The molecule has 1 rings (SSSR count). The first-order valence-corrected chi connectivity index (χ1v) is 5.70. The Morgan fingerprint density at radius 1 is 1.38 bits per heavy atom. The Hall–Kier alpha value is -0.770. The summed E-state index contributed by atoms with van der Waals surface area (Å²) in [4.78, 5) is 0. The molecule has 16 heavy (non-hydrogen) atoms. The predicted octanol–water partition coefficient (Wildman–Crippen LogP) is 2.54. The molecule has 1 aromatic rings. The first-order chi connectivity index (χ1) is 7.54. The van der Waals surface area contributed by atoms with E-state index in [1.807, 2.05) is 6.92 Å². The van der Waals surface area contributed by atoms with Gasteiger partial charge in [-0.1, -0.05) is 18.5 Å². The molecule has 0 spiro atoms. The van der Waals surface area contributed by atoms with Gasteiger partial charge in [-0.15, -0.1) is 0 Å². The molecule has 2 N–H and O–H groups in total. The van der Waals surface area contributed by atoms with Gasteiger partial charge in [0.05, 0.1) is 12.2 Å². The highest BCUT2D eigenvalue weighted by Crippen LogP contribution is 2.28. The van der Waals surface area contributed by atoms with E-state index in [-0.39, 0.29) is 6.61 Å². The summed E-state index contributed by atoms with van der Waals surface area (Å²) >= 11 is 5.83. The molecule has 1 unspecified atom stereocenters. The van der Waals surface area contributed by atoms with E-state index in [0.29, 0.717) is 22.8 Å². The van der Waals surface area contributed by atoms with E-state index in [1.165, 1.54) is 0 Å². The molecule has 90 valence electrons. The molecule has 0 amide bonds. The maximum Gasteiger partial charge on any atom is 0.125 e. The zero-order valence-corrected chi connectivity index (χ0v) is 10.2. The van der Waals surface area contributed by atoms with E-state index in [1.54, 1.807) is 25.1 Å². The van der Waals surface area contributed by atoms with Gasteiger partial charge in [0, 0.05) is 10.6 Å². The van der Waals surface area contributed by atoms with Crippen molar-refractivity contribution < 1.29 is 14.9 Å². The van der Waals surface area contributed by atoms with Gasteiger partial charge in [0.2, 0.25) is 0 Å². The fourth-order valence-corrected chi connectivity index (χ4v) is 1.46. The van der Waals surface area contributed by atoms with Crippen LogP contribution in [0.5, 0.6) is 5.75 Å². The van der Waals surface area contributed by atoms with Crippen molar-refractivity contribution in [1.82, 2.24) is 0 Å². The Labute approximate surface area is 101 Å². The average molecular weight is 245 g/mol. The van der Waals surface area contributed by atoms with Gasteiger partial charge < -0.3 is 14.9 Å². The highest BCUT2D eigenvalue weighted by molar-refractivity contribution is 6.30. The van der Waals surface area contributed by atoms with Gasteiger partial charge in [-0.05, 0) is 31.5 Å². The molecular weight excluding hydrogens is 228 g/mol. The van der Waals surface area contributed by atoms with Crippen molar-refractivity contribution in [2.24, 2.45) is 0 Å². The van der Waals surface area contributed by atoms with Crippen LogP contribution < -0.4 is 4.74 Å². The second kappa shape index (κ2) is 6.09. The molecule has 1 aromatic carbocycles. The quantitative estimate of drug-likeness (QED) is 0.837. The Morgan fingerprint density at radius 2 is 2.06 bits per heavy atom. The van der Waals surface area contributed by atoms with Gasteiger partial charge in [-0.25, -0.2) is 0 Å². The highest BCUT2D eigenvalue weighted by Gasteiger charge is 2.11. The van der Waals surface area contributed by atoms with Gasteiger partial charge in [-0.2, -0.15) is 0 Å². The van der Waals surface area contributed by atoms with Crippen LogP contribution in [0.2, 0.25) is 5.02 Å². The summed E-state index contributed by atoms with van der Waals surface area (Å²) in [5.41, 5.74) is 0.635. The number of aliphatic hydroxyl groups is 2. The number of ether oxygens (including phenoxy) is 1. The van der Waals surface area contributed by atoms with Crippen LogP contribution in [0.1, 0.15) is 31.9 Å². The maximum absolute atomic E-state index is 9.55. The van der Waals surface area contributed by atoms with E-state index < -0.39 is 12.2 Å². The van der Waals surface area contributed by atoms with Crippen LogP contribution in [0.3, 0.4) is 0 Å². The molecule has 0 aromatic heterocycles. The minimum absolute atomic E-state index is 0.220. The molecule has 3 nitrogen and oxygen atoms in total. The lowest BCUT2D eigenvalue weighted by Crippen LogP contribution is -2.16. The molecule has 0 fully saturated rings. The van der Waals surface area contributed by atoms with Crippen molar-refractivity contribution in [2.45, 2.75) is 32.5 Å². The Morgan fingerprint density at radius 3 is 2.62 bits per heavy atom. The number of aliphatic hydroxyl groups excluding tert-OH is 2. The Balaban J connectivity index is 2.78. The largest absolute Gasteiger partial charge is 0.491 e. The number of hydrogen-bond acceptors (Lipinski definition) is 3. The summed E-state index contributed by atoms with van der Waals surface area (Å²) in [5.74, 6) is 0.562. The number of benzene rings is 1. The third kappa shape index (κ3) is 3.67. The Bertz CT molecular complexity index is 339. The van der Waals surface area contributed by atoms with Gasteiger partial charge in [0.1, 0.15) is 12.4 Å². The molecule has 0 aliphatic carbocycles. The Kier molecular flexibility index (Phi) is 5.06. The average Bonchev–Trinajstić information content (AvgIpc) is 2.26. The van der Waals surface area contributed by atoms with Gasteiger partial charge in [0.25, 0.3) is 0 Å². The molecule has 0 bridgehead atoms. The third-order valence-electron chi connectivity index (χ3n) is 2.32. The molecule has 0 aliphatic rings. The topological polar surface area (TPSA) is 49.7 Å². The summed E-state index contributed by atoms with van der Waals surface area (Å²) in [6, 6.07) is 5.06. The highest BCUT2D eigenvalue weighted by atomic mass is 35.5. The second-order valence-electron chi connectivity index (χ2n) is 3.73. The van der Waals surface area contributed by atoms with Crippen LogP contribution in [0.4, 0.5) is 0 Å². The number of hydrogen-bond donors (Lipinski definition) is 2. The van der Waals surface area contributed by atoms with E-state index in [9.17, 15) is 10.2 Å².